The van der Waals surface area contributed by atoms with Gasteiger partial charge in [-0.05, 0) is 0 Å². The first-order chi connectivity index (χ1) is 10.7. The van der Waals surface area contributed by atoms with Gasteiger partial charge in [-0.2, -0.15) is 0 Å². The van der Waals surface area contributed by atoms with Gasteiger partial charge in [-0.3, -0.25) is 14.6 Å². The highest BCUT2D eigenvalue weighted by atomic mass is 16.3. The van der Waals surface area contributed by atoms with Gasteiger partial charge in [-0.1, -0.05) is 0 Å². The van der Waals surface area contributed by atoms with E-state index in [-0.39, 0.29) is 6.61 Å². The zero-order valence-electron chi connectivity index (χ0n) is 13.0. The summed E-state index contributed by atoms with van der Waals surface area (Å²) in [7, 11) is 0. The molecule has 0 aliphatic carbocycles. The maximum atomic E-state index is 12.3. The van der Waals surface area contributed by atoms with Crippen LogP contribution >= 0.6 is 0 Å². The predicted molar refractivity (Wildman–Crippen MR) is 82.1 cm³/mol. The molecule has 1 aliphatic heterocycles. The van der Waals surface area contributed by atoms with Crippen LogP contribution in [0.1, 0.15) is 0 Å². The van der Waals surface area contributed by atoms with Crippen molar-refractivity contribution in [2.45, 2.75) is 6.04 Å². The lowest BCUT2D eigenvalue weighted by atomic mass is 10.2. The van der Waals surface area contributed by atoms with Crippen LogP contribution in [0.15, 0.2) is 0 Å². The maximum absolute atomic E-state index is 12.3. The molecule has 1 heterocycles. The summed E-state index contributed by atoms with van der Waals surface area (Å²) in [5, 5.41) is 37.6. The van der Waals surface area contributed by atoms with Crippen molar-refractivity contribution in [3.8, 4) is 0 Å². The average Bonchev–Trinajstić information content (AvgIpc) is 2.51. The van der Waals surface area contributed by atoms with Crippen LogP contribution in [0, 0.1) is 0 Å². The summed E-state index contributed by atoms with van der Waals surface area (Å²) in [6.45, 7) is 4.55. The molecule has 22 heavy (non-hydrogen) atoms. The number of rotatable bonds is 5. The minimum absolute atomic E-state index is 0.350. The Morgan fingerprint density at radius 1 is 0.909 bits per heavy atom. The molecule has 9 heteroatoms. The summed E-state index contributed by atoms with van der Waals surface area (Å²) in [4.78, 5) is 15.0. The van der Waals surface area contributed by atoms with Crippen LogP contribution < -0.4 is 16.0 Å². The molecule has 0 aromatic heterocycles. The third-order valence-corrected chi connectivity index (χ3v) is 3.66. The van der Waals surface area contributed by atoms with Crippen LogP contribution in [0.25, 0.3) is 0 Å². The highest BCUT2D eigenvalue weighted by Gasteiger charge is 2.28. The summed E-state index contributed by atoms with van der Waals surface area (Å²) in [6, 6.07) is -0.760. The predicted octanol–water partition coefficient (Wildman–Crippen LogP) is -3.84. The Balaban J connectivity index is 2.64. The van der Waals surface area contributed by atoms with Crippen LogP contribution in [-0.2, 0) is 4.79 Å². The Hall–Kier alpha value is -0.810. The molecule has 0 saturated carbocycles. The molecule has 0 radical (unpaired) electrons. The first-order valence-electron chi connectivity index (χ1n) is 7.72. The van der Waals surface area contributed by atoms with Crippen molar-refractivity contribution in [3.05, 3.63) is 0 Å². The number of carbonyl (C=O) groups is 1. The van der Waals surface area contributed by atoms with E-state index in [0.717, 1.165) is 31.1 Å². The summed E-state index contributed by atoms with van der Waals surface area (Å²) < 4.78 is 0. The normalized spacial score (nSPS) is 20.7. The fourth-order valence-corrected chi connectivity index (χ4v) is 2.34. The highest BCUT2D eigenvalue weighted by molar-refractivity contribution is 5.81. The number of nitrogens with one attached hydrogen (secondary N) is 3. The van der Waals surface area contributed by atoms with Gasteiger partial charge in [0.1, 0.15) is 19.5 Å². The number of amides is 1. The molecule has 1 aliphatic rings. The quantitative estimate of drug-likeness (QED) is 0.285. The number of hydrogen-bond acceptors (Lipinski definition) is 8. The van der Waals surface area contributed by atoms with Gasteiger partial charge >= 0.3 is 0 Å². The van der Waals surface area contributed by atoms with Gasteiger partial charge in [-0.15, -0.1) is 0 Å². The van der Waals surface area contributed by atoms with Gasteiger partial charge in [0.25, 0.3) is 0 Å². The van der Waals surface area contributed by atoms with E-state index in [1.54, 1.807) is 0 Å². The molecule has 9 nitrogen and oxygen atoms in total. The summed E-state index contributed by atoms with van der Waals surface area (Å²) in [6.07, 6.45) is 0. The van der Waals surface area contributed by atoms with Crippen molar-refractivity contribution in [2.24, 2.45) is 0 Å². The van der Waals surface area contributed by atoms with Crippen LogP contribution in [0.2, 0.25) is 0 Å². The second-order valence-corrected chi connectivity index (χ2v) is 5.15. The van der Waals surface area contributed by atoms with Gasteiger partial charge in [0.05, 0.1) is 6.61 Å². The van der Waals surface area contributed by atoms with Crippen LogP contribution in [0.3, 0.4) is 0 Å². The SMILES string of the molecule is O=C(C(CO)N1CCNCCNCCNCC1)N(CO)CO. The van der Waals surface area contributed by atoms with Crippen LogP contribution in [0.5, 0.6) is 0 Å². The summed E-state index contributed by atoms with van der Waals surface area (Å²) in [5.74, 6) is -0.471. The minimum Gasteiger partial charge on any atom is -0.394 e. The van der Waals surface area contributed by atoms with Crippen molar-refractivity contribution in [1.82, 2.24) is 25.8 Å². The monoisotopic (exact) mass is 319 g/mol. The fourth-order valence-electron chi connectivity index (χ4n) is 2.34. The van der Waals surface area contributed by atoms with Crippen molar-refractivity contribution in [3.63, 3.8) is 0 Å². The van der Waals surface area contributed by atoms with Gasteiger partial charge in [0.2, 0.25) is 5.91 Å². The zero-order valence-corrected chi connectivity index (χ0v) is 13.0. The molecule has 1 saturated heterocycles. The molecule has 6 N–H and O–H groups in total. The molecule has 1 amide bonds. The Kier molecular flexibility index (Phi) is 10.2. The van der Waals surface area contributed by atoms with E-state index in [0.29, 0.717) is 26.2 Å². The van der Waals surface area contributed by atoms with E-state index in [1.165, 1.54) is 0 Å². The largest absolute Gasteiger partial charge is 0.394 e. The number of aliphatic hydroxyl groups is 3. The third-order valence-electron chi connectivity index (χ3n) is 3.66. The number of nitrogens with zero attached hydrogens (tertiary/aromatic N) is 2. The van der Waals surface area contributed by atoms with E-state index in [1.807, 2.05) is 4.90 Å². The van der Waals surface area contributed by atoms with Crippen molar-refractivity contribution >= 4 is 5.91 Å². The standard InChI is InChI=1S/C13H29N5O4/c19-9-12(13(22)18(10-20)11-21)17-7-5-15-3-1-14-2-4-16-6-8-17/h12,14-16,19-21H,1-11H2. The second kappa shape index (κ2) is 11.7. The second-order valence-electron chi connectivity index (χ2n) is 5.15. The number of hydrogen-bond donors (Lipinski definition) is 6. The number of carbonyl (C=O) groups excluding carboxylic acids is 1. The van der Waals surface area contributed by atoms with Crippen molar-refractivity contribution in [2.75, 3.05) is 72.4 Å². The van der Waals surface area contributed by atoms with E-state index in [2.05, 4.69) is 16.0 Å². The molecular weight excluding hydrogens is 290 g/mol. The molecule has 0 aromatic rings. The fraction of sp³-hybridized carbons (Fsp3) is 0.923. The zero-order chi connectivity index (χ0) is 16.2. The number of aliphatic hydroxyl groups excluding tert-OH is 3. The highest BCUT2D eigenvalue weighted by Crippen LogP contribution is 2.04. The average molecular weight is 319 g/mol. The molecule has 130 valence electrons. The van der Waals surface area contributed by atoms with Gasteiger partial charge in [-0.25, -0.2) is 0 Å². The molecule has 1 atom stereocenters. The van der Waals surface area contributed by atoms with E-state index in [4.69, 9.17) is 10.2 Å². The van der Waals surface area contributed by atoms with Gasteiger partial charge in [0.15, 0.2) is 0 Å². The summed E-state index contributed by atoms with van der Waals surface area (Å²) in [5.41, 5.74) is 0. The van der Waals surface area contributed by atoms with Crippen LogP contribution in [0.4, 0.5) is 0 Å². The smallest absolute Gasteiger partial charge is 0.245 e. The Morgan fingerprint density at radius 3 is 1.77 bits per heavy atom. The molecule has 0 aromatic carbocycles. The lowest BCUT2D eigenvalue weighted by Crippen LogP contribution is -2.54. The minimum atomic E-state index is -0.760. The lowest BCUT2D eigenvalue weighted by molar-refractivity contribution is -0.147. The maximum Gasteiger partial charge on any atom is 0.245 e. The van der Waals surface area contributed by atoms with E-state index in [9.17, 15) is 9.90 Å². The third kappa shape index (κ3) is 6.53. The molecule has 0 spiro atoms. The van der Waals surface area contributed by atoms with E-state index >= 15 is 0 Å². The Morgan fingerprint density at radius 2 is 1.36 bits per heavy atom. The van der Waals surface area contributed by atoms with Gasteiger partial charge in [0, 0.05) is 52.4 Å². The molecular formula is C13H29N5O4. The molecule has 1 fully saturated rings. The molecule has 1 rings (SSSR count). The lowest BCUT2D eigenvalue weighted by Gasteiger charge is -2.32. The Labute approximate surface area is 131 Å². The van der Waals surface area contributed by atoms with Crippen LogP contribution in [-0.4, -0.2) is 109 Å². The van der Waals surface area contributed by atoms with Gasteiger partial charge < -0.3 is 31.3 Å². The topological polar surface area (TPSA) is 120 Å². The Bertz CT molecular complexity index is 292. The van der Waals surface area contributed by atoms with Crippen molar-refractivity contribution < 1.29 is 20.1 Å². The first-order valence-corrected chi connectivity index (χ1v) is 7.72. The molecule has 0 bridgehead atoms. The molecule has 1 unspecified atom stereocenters. The van der Waals surface area contributed by atoms with E-state index < -0.39 is 25.4 Å². The van der Waals surface area contributed by atoms with Crippen molar-refractivity contribution in [1.29, 1.82) is 0 Å². The summed E-state index contributed by atoms with van der Waals surface area (Å²) >= 11 is 0. The first kappa shape index (κ1) is 19.2.